The lowest BCUT2D eigenvalue weighted by Gasteiger charge is -2.63. The Balaban J connectivity index is 1.37. The first-order valence-electron chi connectivity index (χ1n) is 20.7. The molecule has 6 heterocycles. The van der Waals surface area contributed by atoms with Crippen LogP contribution < -0.4 is 9.64 Å². The molecule has 1 unspecified atom stereocenters. The number of aromatic nitrogens is 1. The minimum absolute atomic E-state index is 0.00950. The number of rotatable bonds is 7. The van der Waals surface area contributed by atoms with Crippen molar-refractivity contribution < 1.29 is 43.0 Å². The van der Waals surface area contributed by atoms with Crippen LogP contribution >= 0.6 is 0 Å². The van der Waals surface area contributed by atoms with Crippen LogP contribution in [0.3, 0.4) is 0 Å². The van der Waals surface area contributed by atoms with Crippen LogP contribution in [0.4, 0.5) is 5.69 Å². The number of hydrogen-bond acceptors (Lipinski definition) is 10. The molecule has 0 amide bonds. The first kappa shape index (κ1) is 38.6. The van der Waals surface area contributed by atoms with Crippen LogP contribution in [0.15, 0.2) is 60.2 Å². The van der Waals surface area contributed by atoms with Crippen LogP contribution in [0.2, 0.25) is 0 Å². The van der Waals surface area contributed by atoms with E-state index in [4.69, 9.17) is 18.9 Å². The Morgan fingerprint density at radius 3 is 2.52 bits per heavy atom. The highest BCUT2D eigenvalue weighted by molar-refractivity contribution is 5.95. The monoisotopic (exact) mass is 791 g/mol. The molecule has 2 bridgehead atoms. The van der Waals surface area contributed by atoms with Crippen LogP contribution in [-0.4, -0.2) is 122 Å². The molecule has 6 aliphatic rings. The number of allylic oxidation sites excluding steroid dienone is 1. The molecule has 1 aromatic heterocycles. The van der Waals surface area contributed by atoms with Crippen LogP contribution in [0.5, 0.6) is 5.75 Å². The Kier molecular flexibility index (Phi) is 9.02. The Morgan fingerprint density at radius 2 is 1.81 bits per heavy atom. The second-order valence-corrected chi connectivity index (χ2v) is 17.3. The van der Waals surface area contributed by atoms with Gasteiger partial charge in [0.25, 0.3) is 0 Å². The number of benzene rings is 2. The van der Waals surface area contributed by atoms with E-state index in [0.717, 1.165) is 52.9 Å². The van der Waals surface area contributed by atoms with Crippen LogP contribution in [0, 0.1) is 11.3 Å². The summed E-state index contributed by atoms with van der Waals surface area (Å²) in [6.45, 7) is 8.38. The Labute approximate surface area is 339 Å². The van der Waals surface area contributed by atoms with Gasteiger partial charge in [0.2, 0.25) is 5.60 Å². The molecule has 2 aromatic carbocycles. The van der Waals surface area contributed by atoms with Gasteiger partial charge in [0.1, 0.15) is 24.3 Å². The molecule has 0 radical (unpaired) electrons. The normalized spacial score (nSPS) is 33.3. The number of nitrogens with one attached hydrogen (secondary N) is 1. The molecule has 306 valence electrons. The SMILES string of the molecule is CCC1=C[C@@H]2C[N+](=C1)CCc1c([nH]c3ccccc13)[C@@](C(=O)OC)(c1cc3c(cc1OC)N(C)C1[C@]34CCN3CC=C[C@@](CC)([C@@H](OC(C)=O)[C@]1(O)C(=O)OC)[C@H]34)C2. The van der Waals surface area contributed by atoms with E-state index < -0.39 is 51.9 Å². The van der Waals surface area contributed by atoms with Gasteiger partial charge in [-0.3, -0.25) is 14.5 Å². The number of carbonyl (C=O) groups excluding carboxylic acids is 3. The Morgan fingerprint density at radius 1 is 1.03 bits per heavy atom. The highest BCUT2D eigenvalue weighted by atomic mass is 16.6. The summed E-state index contributed by atoms with van der Waals surface area (Å²) in [7, 11) is 6.23. The Hall–Kier alpha value is -4.94. The molecule has 12 heteroatoms. The Bertz CT molecular complexity index is 2330. The predicted molar refractivity (Wildman–Crippen MR) is 219 cm³/mol. The number of fused-ring (bicyclic) bond motifs is 6. The van der Waals surface area contributed by atoms with E-state index in [9.17, 15) is 14.7 Å². The molecule has 1 saturated heterocycles. The van der Waals surface area contributed by atoms with Gasteiger partial charge >= 0.3 is 17.9 Å². The maximum absolute atomic E-state index is 15.3. The van der Waals surface area contributed by atoms with Gasteiger partial charge in [-0.15, -0.1) is 0 Å². The zero-order chi connectivity index (χ0) is 40.9. The fourth-order valence-corrected chi connectivity index (χ4v) is 12.9. The number of nitrogens with zero attached hydrogens (tertiary/aromatic N) is 3. The fraction of sp³-hybridized carbons (Fsp3) is 0.522. The summed E-state index contributed by atoms with van der Waals surface area (Å²) in [5, 5.41) is 14.4. The summed E-state index contributed by atoms with van der Waals surface area (Å²) >= 11 is 0. The maximum Gasteiger partial charge on any atom is 0.344 e. The third-order valence-corrected chi connectivity index (χ3v) is 14.9. The first-order valence-corrected chi connectivity index (χ1v) is 20.7. The second kappa shape index (κ2) is 13.6. The van der Waals surface area contributed by atoms with E-state index >= 15 is 4.79 Å². The van der Waals surface area contributed by atoms with Crippen molar-refractivity contribution in [2.75, 3.05) is 59.5 Å². The summed E-state index contributed by atoms with van der Waals surface area (Å²) in [4.78, 5) is 50.8. The van der Waals surface area contributed by atoms with Gasteiger partial charge in [0.05, 0.1) is 27.4 Å². The third-order valence-electron chi connectivity index (χ3n) is 14.9. The first-order chi connectivity index (χ1) is 27.9. The van der Waals surface area contributed by atoms with Crippen LogP contribution in [0.1, 0.15) is 68.8 Å². The number of H-pyrrole nitrogens is 1. The number of esters is 3. The van der Waals surface area contributed by atoms with Gasteiger partial charge in [-0.05, 0) is 55.5 Å². The predicted octanol–water partition coefficient (Wildman–Crippen LogP) is 4.58. The number of anilines is 1. The lowest BCUT2D eigenvalue weighted by molar-refractivity contribution is -0.529. The number of methoxy groups -OCH3 is 3. The molecule has 5 aliphatic heterocycles. The van der Waals surface area contributed by atoms with E-state index in [0.29, 0.717) is 50.1 Å². The smallest absolute Gasteiger partial charge is 0.344 e. The molecule has 1 saturated carbocycles. The molecule has 9 rings (SSSR count). The average molecular weight is 792 g/mol. The molecule has 1 aliphatic carbocycles. The number of aliphatic hydroxyl groups is 1. The summed E-state index contributed by atoms with van der Waals surface area (Å²) < 4.78 is 26.4. The van der Waals surface area contributed by atoms with Crippen LogP contribution in [-0.2, 0) is 45.8 Å². The molecular formula is C46H55N4O8+. The summed E-state index contributed by atoms with van der Waals surface area (Å²) in [5.41, 5.74) is 0.887. The highest BCUT2D eigenvalue weighted by Gasteiger charge is 2.80. The van der Waals surface area contributed by atoms with Gasteiger partial charge in [-0.1, -0.05) is 50.3 Å². The minimum Gasteiger partial charge on any atom is -0.496 e. The number of hydrogen-bond donors (Lipinski definition) is 2. The van der Waals surface area contributed by atoms with Crippen molar-refractivity contribution in [3.63, 3.8) is 0 Å². The van der Waals surface area contributed by atoms with E-state index in [2.05, 4.69) is 64.0 Å². The number of likely N-dealkylation sites (N-methyl/N-ethyl adjacent to an activating group) is 1. The fourth-order valence-electron chi connectivity index (χ4n) is 12.9. The maximum atomic E-state index is 15.3. The third kappa shape index (κ3) is 4.87. The standard InChI is InChI=1S/C46H55N4O8/c1-8-28-21-29-24-45(41(52)56-6,37-31(15-19-49(25-28)26-29)30-13-10-11-14-34(30)47-37)33-22-32-35(23-36(33)55-5)48(4)39-44(32)17-20-50-18-12-16-43(9-2,38(44)50)40(58-27(3)51)46(39,54)42(53)57-7/h10-14,16,21-23,25,29,38-40,47,54H,8-9,15,17-20,24,26H2,1-7H3/q+1/t29-,38-,39?,40+,43+,44+,45-,46-/m0/s1. The topological polar surface area (TPSA) is 134 Å². The quantitative estimate of drug-likeness (QED) is 0.152. The zero-order valence-electron chi connectivity index (χ0n) is 34.6. The van der Waals surface area contributed by atoms with E-state index in [1.54, 1.807) is 7.11 Å². The second-order valence-electron chi connectivity index (χ2n) is 17.3. The van der Waals surface area contributed by atoms with E-state index in [-0.39, 0.29) is 12.0 Å². The molecule has 2 fully saturated rings. The van der Waals surface area contributed by atoms with Crippen molar-refractivity contribution in [3.8, 4) is 5.75 Å². The minimum atomic E-state index is -2.28. The zero-order valence-corrected chi connectivity index (χ0v) is 34.6. The highest BCUT2D eigenvalue weighted by Crippen LogP contribution is 2.68. The summed E-state index contributed by atoms with van der Waals surface area (Å²) in [5.74, 6) is -1.36. The molecule has 8 atom stereocenters. The molecular weight excluding hydrogens is 737 g/mol. The van der Waals surface area contributed by atoms with Gasteiger partial charge in [0.15, 0.2) is 12.3 Å². The van der Waals surface area contributed by atoms with Gasteiger partial charge in [-0.2, -0.15) is 0 Å². The van der Waals surface area contributed by atoms with Crippen LogP contribution in [0.25, 0.3) is 10.9 Å². The van der Waals surface area contributed by atoms with Gasteiger partial charge in [0, 0.05) is 89.2 Å². The number of carbonyl (C=O) groups is 3. The number of para-hydroxylation sites is 1. The molecule has 2 N–H and O–H groups in total. The van der Waals surface area contributed by atoms with Crippen molar-refractivity contribution in [2.24, 2.45) is 11.3 Å². The van der Waals surface area contributed by atoms with Crippen molar-refractivity contribution in [2.45, 2.75) is 87.5 Å². The number of ether oxygens (including phenoxy) is 4. The average Bonchev–Trinajstić information content (AvgIpc) is 3.89. The van der Waals surface area contributed by atoms with Crippen molar-refractivity contribution in [1.29, 1.82) is 0 Å². The van der Waals surface area contributed by atoms with E-state index in [1.165, 1.54) is 26.7 Å². The van der Waals surface area contributed by atoms with Crippen molar-refractivity contribution >= 4 is 40.7 Å². The van der Waals surface area contributed by atoms with Crippen molar-refractivity contribution in [3.05, 3.63) is 82.6 Å². The van der Waals surface area contributed by atoms with Gasteiger partial charge in [-0.25, -0.2) is 9.37 Å². The van der Waals surface area contributed by atoms with Crippen molar-refractivity contribution in [1.82, 2.24) is 9.88 Å². The molecule has 1 spiro atoms. The summed E-state index contributed by atoms with van der Waals surface area (Å²) in [6.07, 6.45) is 10.5. The van der Waals surface area contributed by atoms with Gasteiger partial charge < -0.3 is 33.9 Å². The van der Waals surface area contributed by atoms with E-state index in [1.807, 2.05) is 37.1 Å². The molecule has 58 heavy (non-hydrogen) atoms. The number of aromatic amines is 1. The lowest BCUT2D eigenvalue weighted by Crippen LogP contribution is -2.81. The molecule has 3 aromatic rings. The summed E-state index contributed by atoms with van der Waals surface area (Å²) in [6, 6.07) is 11.1. The molecule has 12 nitrogen and oxygen atoms in total. The lowest BCUT2D eigenvalue weighted by atomic mass is 9.47. The largest absolute Gasteiger partial charge is 0.496 e.